The molecule has 0 aliphatic heterocycles. The van der Waals surface area contributed by atoms with E-state index in [1.807, 2.05) is 25.1 Å². The van der Waals surface area contributed by atoms with E-state index in [9.17, 15) is 9.59 Å². The highest BCUT2D eigenvalue weighted by molar-refractivity contribution is 7.14. The van der Waals surface area contributed by atoms with Gasteiger partial charge < -0.3 is 10.6 Å². The minimum absolute atomic E-state index is 0.209. The largest absolute Gasteiger partial charge is 0.325 e. The number of carbonyl (C=O) groups is 2. The average Bonchev–Trinajstić information content (AvgIpc) is 3.03. The van der Waals surface area contributed by atoms with Crippen LogP contribution in [-0.4, -0.2) is 16.9 Å². The van der Waals surface area contributed by atoms with Gasteiger partial charge in [0.1, 0.15) is 5.69 Å². The van der Waals surface area contributed by atoms with E-state index in [-0.39, 0.29) is 11.6 Å². The Balaban J connectivity index is 1.60. The Morgan fingerprint density at radius 2 is 1.73 bits per heavy atom. The molecule has 0 aliphatic rings. The van der Waals surface area contributed by atoms with Gasteiger partial charge in [-0.3, -0.25) is 10.1 Å². The van der Waals surface area contributed by atoms with Crippen molar-refractivity contribution in [2.24, 2.45) is 0 Å². The molecule has 3 aromatic rings. The zero-order valence-corrected chi connectivity index (χ0v) is 15.3. The van der Waals surface area contributed by atoms with Crippen LogP contribution in [0.4, 0.5) is 21.3 Å². The molecule has 0 saturated heterocycles. The molecule has 132 valence electrons. The first-order valence-electron chi connectivity index (χ1n) is 7.67. The summed E-state index contributed by atoms with van der Waals surface area (Å²) in [5.74, 6) is -0.379. The van der Waals surface area contributed by atoms with Gasteiger partial charge in [-0.1, -0.05) is 29.8 Å². The Labute approximate surface area is 159 Å². The van der Waals surface area contributed by atoms with E-state index in [4.69, 9.17) is 11.6 Å². The molecule has 0 saturated carbocycles. The van der Waals surface area contributed by atoms with Crippen LogP contribution in [0.15, 0.2) is 53.9 Å². The molecule has 0 aliphatic carbocycles. The summed E-state index contributed by atoms with van der Waals surface area (Å²) in [5.41, 5.74) is 2.50. The van der Waals surface area contributed by atoms with E-state index in [2.05, 4.69) is 20.9 Å². The van der Waals surface area contributed by atoms with Crippen molar-refractivity contribution in [3.05, 3.63) is 70.2 Å². The molecule has 0 atom stereocenters. The first-order chi connectivity index (χ1) is 12.5. The number of thiazole rings is 1. The molecule has 8 heteroatoms. The number of aryl methyl sites for hydroxylation is 1. The average molecular weight is 387 g/mol. The van der Waals surface area contributed by atoms with Crippen molar-refractivity contribution in [2.45, 2.75) is 6.92 Å². The van der Waals surface area contributed by atoms with Gasteiger partial charge in [-0.15, -0.1) is 11.3 Å². The summed E-state index contributed by atoms with van der Waals surface area (Å²) < 4.78 is 0. The SMILES string of the molecule is Cc1cccc(NC(=O)Nc2nc(C(=O)Nc3cccc(Cl)c3)cs2)c1. The number of urea groups is 1. The predicted octanol–water partition coefficient (Wildman–Crippen LogP) is 5.00. The fourth-order valence-corrected chi connectivity index (χ4v) is 3.06. The summed E-state index contributed by atoms with van der Waals surface area (Å²) >= 11 is 7.06. The molecule has 0 radical (unpaired) electrons. The second kappa shape index (κ2) is 7.99. The van der Waals surface area contributed by atoms with Gasteiger partial charge in [0.05, 0.1) is 0 Å². The van der Waals surface area contributed by atoms with Gasteiger partial charge in [-0.05, 0) is 42.8 Å². The highest BCUT2D eigenvalue weighted by atomic mass is 35.5. The Morgan fingerprint density at radius 3 is 2.46 bits per heavy atom. The summed E-state index contributed by atoms with van der Waals surface area (Å²) in [4.78, 5) is 28.4. The molecule has 6 nitrogen and oxygen atoms in total. The van der Waals surface area contributed by atoms with Crippen LogP contribution in [-0.2, 0) is 0 Å². The van der Waals surface area contributed by atoms with Crippen LogP contribution in [0.3, 0.4) is 0 Å². The molecule has 3 rings (SSSR count). The summed E-state index contributed by atoms with van der Waals surface area (Å²) in [6, 6.07) is 13.8. The Hall–Kier alpha value is -2.90. The normalized spacial score (nSPS) is 10.2. The molecule has 1 heterocycles. The number of aromatic nitrogens is 1. The first kappa shape index (κ1) is 17.9. The maximum absolute atomic E-state index is 12.2. The van der Waals surface area contributed by atoms with Gasteiger partial charge in [0.2, 0.25) is 0 Å². The van der Waals surface area contributed by atoms with E-state index >= 15 is 0 Å². The lowest BCUT2D eigenvalue weighted by atomic mass is 10.2. The molecule has 0 spiro atoms. The summed E-state index contributed by atoms with van der Waals surface area (Å²) in [7, 11) is 0. The maximum Gasteiger partial charge on any atom is 0.325 e. The van der Waals surface area contributed by atoms with Crippen LogP contribution in [0.1, 0.15) is 16.1 Å². The van der Waals surface area contributed by atoms with Crippen molar-refractivity contribution in [3.63, 3.8) is 0 Å². The quantitative estimate of drug-likeness (QED) is 0.589. The van der Waals surface area contributed by atoms with Crippen LogP contribution >= 0.6 is 22.9 Å². The van der Waals surface area contributed by atoms with Crippen LogP contribution in [0.5, 0.6) is 0 Å². The Kier molecular flexibility index (Phi) is 5.50. The van der Waals surface area contributed by atoms with Crippen LogP contribution in [0, 0.1) is 6.92 Å². The number of nitrogens with one attached hydrogen (secondary N) is 3. The predicted molar refractivity (Wildman–Crippen MR) is 105 cm³/mol. The van der Waals surface area contributed by atoms with Gasteiger partial charge >= 0.3 is 6.03 Å². The highest BCUT2D eigenvalue weighted by Gasteiger charge is 2.13. The molecule has 1 aromatic heterocycles. The third-order valence-electron chi connectivity index (χ3n) is 3.32. The van der Waals surface area contributed by atoms with E-state index in [0.717, 1.165) is 16.9 Å². The van der Waals surface area contributed by atoms with Crippen molar-refractivity contribution in [3.8, 4) is 0 Å². The fourth-order valence-electron chi connectivity index (χ4n) is 2.18. The summed E-state index contributed by atoms with van der Waals surface area (Å²) in [6.07, 6.45) is 0. The first-order valence-corrected chi connectivity index (χ1v) is 8.92. The van der Waals surface area contributed by atoms with Crippen molar-refractivity contribution in [1.82, 2.24) is 4.98 Å². The zero-order chi connectivity index (χ0) is 18.5. The number of amides is 3. The molecule has 2 aromatic carbocycles. The van der Waals surface area contributed by atoms with Crippen molar-refractivity contribution < 1.29 is 9.59 Å². The number of anilines is 3. The number of hydrogen-bond donors (Lipinski definition) is 3. The molecule has 0 bridgehead atoms. The second-order valence-corrected chi connectivity index (χ2v) is 6.75. The lowest BCUT2D eigenvalue weighted by Crippen LogP contribution is -2.19. The maximum atomic E-state index is 12.2. The van der Waals surface area contributed by atoms with Crippen LogP contribution < -0.4 is 16.0 Å². The third-order valence-corrected chi connectivity index (χ3v) is 4.31. The minimum Gasteiger partial charge on any atom is -0.321 e. The van der Waals surface area contributed by atoms with E-state index < -0.39 is 6.03 Å². The summed E-state index contributed by atoms with van der Waals surface area (Å²) in [5, 5.41) is 10.5. The van der Waals surface area contributed by atoms with E-state index in [1.54, 1.807) is 35.7 Å². The Morgan fingerprint density at radius 1 is 1.00 bits per heavy atom. The number of hydrogen-bond acceptors (Lipinski definition) is 4. The molecule has 3 N–H and O–H groups in total. The summed E-state index contributed by atoms with van der Waals surface area (Å²) in [6.45, 7) is 1.94. The molecule has 3 amide bonds. The zero-order valence-electron chi connectivity index (χ0n) is 13.7. The fraction of sp³-hybridized carbons (Fsp3) is 0.0556. The van der Waals surface area contributed by atoms with Crippen molar-refractivity contribution in [1.29, 1.82) is 0 Å². The molecule has 26 heavy (non-hydrogen) atoms. The van der Waals surface area contributed by atoms with Gasteiger partial charge in [0, 0.05) is 21.8 Å². The number of carbonyl (C=O) groups excluding carboxylic acids is 2. The number of benzene rings is 2. The monoisotopic (exact) mass is 386 g/mol. The minimum atomic E-state index is -0.424. The van der Waals surface area contributed by atoms with Crippen LogP contribution in [0.2, 0.25) is 5.02 Å². The molecular weight excluding hydrogens is 372 g/mol. The van der Waals surface area contributed by atoms with E-state index in [1.165, 1.54) is 0 Å². The van der Waals surface area contributed by atoms with Gasteiger partial charge in [0.25, 0.3) is 5.91 Å². The topological polar surface area (TPSA) is 83.1 Å². The third kappa shape index (κ3) is 4.81. The van der Waals surface area contributed by atoms with Gasteiger partial charge in [-0.2, -0.15) is 0 Å². The molecule has 0 fully saturated rings. The Bertz CT molecular complexity index is 958. The number of nitrogens with zero attached hydrogens (tertiary/aromatic N) is 1. The highest BCUT2D eigenvalue weighted by Crippen LogP contribution is 2.19. The lowest BCUT2D eigenvalue weighted by molar-refractivity contribution is 0.102. The van der Waals surface area contributed by atoms with Crippen molar-refractivity contribution in [2.75, 3.05) is 16.0 Å². The molecular formula is C18H15ClN4O2S. The van der Waals surface area contributed by atoms with E-state index in [0.29, 0.717) is 21.5 Å². The van der Waals surface area contributed by atoms with Crippen LogP contribution in [0.25, 0.3) is 0 Å². The van der Waals surface area contributed by atoms with Gasteiger partial charge in [0.15, 0.2) is 5.13 Å². The standard InChI is InChI=1S/C18H15ClN4O2S/c1-11-4-2-6-13(8-11)21-17(25)23-18-22-15(10-26-18)16(24)20-14-7-3-5-12(19)9-14/h2-10H,1H3,(H,20,24)(H2,21,22,23,25). The number of rotatable bonds is 4. The number of halogens is 1. The van der Waals surface area contributed by atoms with Crippen molar-refractivity contribution >= 4 is 51.4 Å². The van der Waals surface area contributed by atoms with Gasteiger partial charge in [-0.25, -0.2) is 9.78 Å². The smallest absolute Gasteiger partial charge is 0.321 e. The lowest BCUT2D eigenvalue weighted by Gasteiger charge is -2.06. The second-order valence-electron chi connectivity index (χ2n) is 5.45. The molecule has 0 unspecified atom stereocenters.